The van der Waals surface area contributed by atoms with Gasteiger partial charge in [-0.3, -0.25) is 9.59 Å². The Morgan fingerprint density at radius 3 is 2.34 bits per heavy atom. The van der Waals surface area contributed by atoms with Gasteiger partial charge in [0, 0.05) is 35.2 Å². The van der Waals surface area contributed by atoms with Crippen molar-refractivity contribution in [3.05, 3.63) is 77.6 Å². The van der Waals surface area contributed by atoms with E-state index in [9.17, 15) is 18.0 Å². The number of sulfone groups is 1. The van der Waals surface area contributed by atoms with Crippen LogP contribution in [0.3, 0.4) is 0 Å². The fourth-order valence-corrected chi connectivity index (χ4v) is 5.70. The Balaban J connectivity index is 1.63. The second-order valence-electron chi connectivity index (χ2n) is 9.92. The summed E-state index contributed by atoms with van der Waals surface area (Å²) in [5.74, 6) is -0.112. The van der Waals surface area contributed by atoms with Crippen LogP contribution in [0, 0.1) is 5.92 Å². The van der Waals surface area contributed by atoms with Crippen LogP contribution in [0.1, 0.15) is 66.2 Å². The second-order valence-corrected chi connectivity index (χ2v) is 12.1. The minimum atomic E-state index is -3.34. The van der Waals surface area contributed by atoms with Gasteiger partial charge < -0.3 is 20.2 Å². The predicted octanol–water partition coefficient (Wildman–Crippen LogP) is 5.43. The number of aliphatic carboxylic acids is 1. The topological polar surface area (TPSA) is 126 Å². The Bertz CT molecular complexity index is 1340. The summed E-state index contributed by atoms with van der Waals surface area (Å²) < 4.78 is 30.8. The summed E-state index contributed by atoms with van der Waals surface area (Å²) in [6.45, 7) is 0.0608. The average molecular weight is 539 g/mol. The highest BCUT2D eigenvalue weighted by atomic mass is 32.2. The number of anilines is 1. The van der Waals surface area contributed by atoms with Gasteiger partial charge in [-0.1, -0.05) is 49.6 Å². The van der Waals surface area contributed by atoms with E-state index in [1.807, 2.05) is 48.5 Å². The van der Waals surface area contributed by atoms with Crippen molar-refractivity contribution in [2.75, 3.05) is 18.1 Å². The number of amides is 1. The first-order chi connectivity index (χ1) is 18.2. The molecule has 8 nitrogen and oxygen atoms in total. The van der Waals surface area contributed by atoms with Crippen LogP contribution in [0.25, 0.3) is 11.3 Å². The Labute approximate surface area is 223 Å². The molecule has 0 aliphatic heterocycles. The summed E-state index contributed by atoms with van der Waals surface area (Å²) in [6.07, 6.45) is 6.53. The van der Waals surface area contributed by atoms with Crippen molar-refractivity contribution in [1.82, 2.24) is 5.32 Å². The summed E-state index contributed by atoms with van der Waals surface area (Å²) in [5.41, 5.74) is 2.96. The van der Waals surface area contributed by atoms with Gasteiger partial charge >= 0.3 is 5.97 Å². The molecule has 1 aliphatic rings. The molecule has 0 radical (unpaired) electrons. The lowest BCUT2D eigenvalue weighted by molar-refractivity contribution is -0.136. The van der Waals surface area contributed by atoms with Crippen LogP contribution in [0.15, 0.2) is 65.1 Å². The van der Waals surface area contributed by atoms with Crippen LogP contribution in [-0.2, 0) is 20.4 Å². The minimum Gasteiger partial charge on any atom is -0.481 e. The number of benzene rings is 2. The lowest BCUT2D eigenvalue weighted by atomic mass is 9.81. The highest BCUT2D eigenvalue weighted by Gasteiger charge is 2.30. The van der Waals surface area contributed by atoms with E-state index in [1.165, 1.54) is 12.7 Å². The van der Waals surface area contributed by atoms with Gasteiger partial charge in [0.05, 0.1) is 12.5 Å². The zero-order chi connectivity index (χ0) is 27.1. The summed E-state index contributed by atoms with van der Waals surface area (Å²) in [6, 6.07) is 18.5. The maximum absolute atomic E-state index is 12.3. The second kappa shape index (κ2) is 12.3. The van der Waals surface area contributed by atoms with Crippen LogP contribution < -0.4 is 10.6 Å². The molecular weight excluding hydrogens is 504 g/mol. The highest BCUT2D eigenvalue weighted by Crippen LogP contribution is 2.41. The van der Waals surface area contributed by atoms with E-state index in [0.29, 0.717) is 23.0 Å². The number of carboxylic acids is 1. The molecule has 3 N–H and O–H groups in total. The molecule has 0 saturated heterocycles. The molecular formula is C29H34N2O6S. The monoisotopic (exact) mass is 538 g/mol. The Kier molecular flexibility index (Phi) is 8.89. The molecule has 1 fully saturated rings. The molecule has 0 spiro atoms. The molecule has 1 unspecified atom stereocenters. The molecule has 2 aromatic carbocycles. The fraction of sp³-hybridized carbons (Fsp3) is 0.379. The number of hydrogen-bond donors (Lipinski definition) is 3. The molecule has 1 saturated carbocycles. The number of furan rings is 1. The molecule has 9 heteroatoms. The molecule has 1 aromatic heterocycles. The number of nitrogens with one attached hydrogen (secondary N) is 2. The quantitative estimate of drug-likeness (QED) is 0.297. The van der Waals surface area contributed by atoms with E-state index in [2.05, 4.69) is 10.6 Å². The van der Waals surface area contributed by atoms with Crippen molar-refractivity contribution >= 4 is 27.4 Å². The van der Waals surface area contributed by atoms with Crippen LogP contribution in [0.2, 0.25) is 0 Å². The standard InChI is InChI=1S/C29H34N2O6S/c1-38(35,36)19-26-24(18-25(37-26)20-8-4-2-5-9-20)28(21-10-6-3-7-11-21)31-23-14-12-22(13-15-23)29(34)30-17-16-27(32)33/h2,4-5,8-9,12-15,18,21,28,31H,3,6-7,10-11,16-17,19H2,1H3,(H,30,34)(H,32,33). The van der Waals surface area contributed by atoms with Crippen LogP contribution >= 0.6 is 0 Å². The molecule has 4 rings (SSSR count). The average Bonchev–Trinajstić information content (AvgIpc) is 3.30. The van der Waals surface area contributed by atoms with Gasteiger partial charge in [0.1, 0.15) is 17.3 Å². The largest absolute Gasteiger partial charge is 0.481 e. The van der Waals surface area contributed by atoms with Crippen molar-refractivity contribution in [2.45, 2.75) is 50.3 Å². The number of rotatable bonds is 11. The number of carbonyl (C=O) groups is 2. The van der Waals surface area contributed by atoms with Gasteiger partial charge in [0.2, 0.25) is 0 Å². The summed E-state index contributed by atoms with van der Waals surface area (Å²) in [4.78, 5) is 23.0. The summed E-state index contributed by atoms with van der Waals surface area (Å²) in [7, 11) is -3.34. The van der Waals surface area contributed by atoms with E-state index in [-0.39, 0.29) is 30.7 Å². The smallest absolute Gasteiger partial charge is 0.305 e. The number of carbonyl (C=O) groups excluding carboxylic acids is 1. The number of hydrogen-bond acceptors (Lipinski definition) is 6. The summed E-state index contributed by atoms with van der Waals surface area (Å²) >= 11 is 0. The maximum Gasteiger partial charge on any atom is 0.305 e. The van der Waals surface area contributed by atoms with Crippen molar-refractivity contribution in [3.63, 3.8) is 0 Å². The van der Waals surface area contributed by atoms with E-state index >= 15 is 0 Å². The van der Waals surface area contributed by atoms with Gasteiger partial charge in [-0.15, -0.1) is 0 Å². The predicted molar refractivity (Wildman–Crippen MR) is 147 cm³/mol. The van der Waals surface area contributed by atoms with E-state index in [1.54, 1.807) is 12.1 Å². The molecule has 202 valence electrons. The third kappa shape index (κ3) is 7.47. The van der Waals surface area contributed by atoms with Gasteiger partial charge in [0.15, 0.2) is 9.84 Å². The number of carboxylic acid groups (broad SMARTS) is 1. The minimum absolute atomic E-state index is 0.0608. The van der Waals surface area contributed by atoms with E-state index < -0.39 is 15.8 Å². The maximum atomic E-state index is 12.3. The van der Waals surface area contributed by atoms with Crippen molar-refractivity contribution < 1.29 is 27.5 Å². The fourth-order valence-electron chi connectivity index (χ4n) is 5.00. The molecule has 38 heavy (non-hydrogen) atoms. The van der Waals surface area contributed by atoms with Crippen LogP contribution in [0.5, 0.6) is 0 Å². The van der Waals surface area contributed by atoms with E-state index in [4.69, 9.17) is 9.52 Å². The zero-order valence-corrected chi connectivity index (χ0v) is 22.3. The van der Waals surface area contributed by atoms with Gasteiger partial charge in [-0.25, -0.2) is 8.42 Å². The normalized spacial score (nSPS) is 15.1. The molecule has 0 bridgehead atoms. The zero-order valence-electron chi connectivity index (χ0n) is 21.5. The molecule has 3 aromatic rings. The third-order valence-corrected chi connectivity index (χ3v) is 7.63. The van der Waals surface area contributed by atoms with Crippen molar-refractivity contribution in [2.24, 2.45) is 5.92 Å². The Morgan fingerprint density at radius 2 is 1.71 bits per heavy atom. The van der Waals surface area contributed by atoms with Crippen molar-refractivity contribution in [3.8, 4) is 11.3 Å². The van der Waals surface area contributed by atoms with E-state index in [0.717, 1.165) is 42.5 Å². The Morgan fingerprint density at radius 1 is 1.03 bits per heavy atom. The first-order valence-corrected chi connectivity index (χ1v) is 15.0. The third-order valence-electron chi connectivity index (χ3n) is 6.84. The van der Waals surface area contributed by atoms with Crippen LogP contribution in [-0.4, -0.2) is 38.2 Å². The lowest BCUT2D eigenvalue weighted by Gasteiger charge is -2.32. The first kappa shape index (κ1) is 27.4. The molecule has 1 amide bonds. The molecule has 1 atom stereocenters. The molecule has 1 aliphatic carbocycles. The Hall–Kier alpha value is -3.59. The van der Waals surface area contributed by atoms with Gasteiger partial charge in [-0.2, -0.15) is 0 Å². The van der Waals surface area contributed by atoms with Crippen LogP contribution in [0.4, 0.5) is 5.69 Å². The highest BCUT2D eigenvalue weighted by molar-refractivity contribution is 7.89. The van der Waals surface area contributed by atoms with Gasteiger partial charge in [-0.05, 0) is 49.1 Å². The first-order valence-electron chi connectivity index (χ1n) is 12.9. The van der Waals surface area contributed by atoms with Gasteiger partial charge in [0.25, 0.3) is 5.91 Å². The van der Waals surface area contributed by atoms with Crippen molar-refractivity contribution in [1.29, 1.82) is 0 Å². The SMILES string of the molecule is CS(=O)(=O)Cc1oc(-c2ccccc2)cc1C(Nc1ccc(C(=O)NCCC(=O)O)cc1)C1CCCCC1. The summed E-state index contributed by atoms with van der Waals surface area (Å²) in [5, 5.41) is 15.0. The lowest BCUT2D eigenvalue weighted by Crippen LogP contribution is -2.26. The molecule has 1 heterocycles.